The summed E-state index contributed by atoms with van der Waals surface area (Å²) in [4.78, 5) is 12.1. The van der Waals surface area contributed by atoms with Crippen molar-refractivity contribution in [2.24, 2.45) is 0 Å². The van der Waals surface area contributed by atoms with E-state index < -0.39 is 11.7 Å². The number of nitrogens with one attached hydrogen (secondary N) is 3. The molecule has 0 aliphatic carbocycles. The zero-order valence-electron chi connectivity index (χ0n) is 14.5. The first-order chi connectivity index (χ1) is 12.9. The third-order valence-electron chi connectivity index (χ3n) is 4.04. The summed E-state index contributed by atoms with van der Waals surface area (Å²) in [6.45, 7) is 0.547. The molecule has 3 rings (SSSR count). The normalized spacial score (nSPS) is 14.8. The van der Waals surface area contributed by atoms with Gasteiger partial charge in [-0.2, -0.15) is 13.2 Å². The number of halogens is 3. The van der Waals surface area contributed by atoms with Crippen LogP contribution in [-0.2, 0) is 15.7 Å². The molecule has 1 amide bonds. The van der Waals surface area contributed by atoms with Gasteiger partial charge >= 0.3 is 6.18 Å². The maximum Gasteiger partial charge on any atom is 0.418 e. The second kappa shape index (κ2) is 7.71. The van der Waals surface area contributed by atoms with E-state index in [0.29, 0.717) is 16.8 Å². The topological polar surface area (TPSA) is 62.4 Å². The van der Waals surface area contributed by atoms with Crippen LogP contribution in [0.25, 0.3) is 5.57 Å². The standard InChI is InChI=1S/C19H18F3N3O2/c1-27-9-8-23-17-7-6-12(10-15(17)19(20,21)22)24-11-14-13-4-2-3-5-16(13)25-18(14)26/h2-7,10-11,23-24H,8-9H2,1H3,(H,25,26). The van der Waals surface area contributed by atoms with Crippen LogP contribution in [0, 0.1) is 0 Å². The van der Waals surface area contributed by atoms with Crippen LogP contribution in [-0.4, -0.2) is 26.2 Å². The lowest BCUT2D eigenvalue weighted by Gasteiger charge is -2.16. The van der Waals surface area contributed by atoms with Gasteiger partial charge in [-0.25, -0.2) is 0 Å². The van der Waals surface area contributed by atoms with Crippen LogP contribution in [0.2, 0.25) is 0 Å². The van der Waals surface area contributed by atoms with E-state index in [-0.39, 0.29) is 30.4 Å². The van der Waals surface area contributed by atoms with Crippen molar-refractivity contribution in [2.45, 2.75) is 6.18 Å². The number of benzene rings is 2. The minimum absolute atomic E-state index is 0.0262. The molecule has 2 aromatic rings. The summed E-state index contributed by atoms with van der Waals surface area (Å²) in [6.07, 6.45) is -3.10. The number of anilines is 3. The monoisotopic (exact) mass is 377 g/mol. The number of ether oxygens (including phenoxy) is 1. The Bertz CT molecular complexity index is 879. The van der Waals surface area contributed by atoms with E-state index in [1.54, 1.807) is 24.3 Å². The number of carbonyl (C=O) groups is 1. The number of fused-ring (bicyclic) bond motifs is 1. The van der Waals surface area contributed by atoms with Crippen molar-refractivity contribution in [3.63, 3.8) is 0 Å². The summed E-state index contributed by atoms with van der Waals surface area (Å²) in [5.41, 5.74) is 1.14. The average Bonchev–Trinajstić information content (AvgIpc) is 2.95. The molecule has 1 aliphatic rings. The Morgan fingerprint density at radius 1 is 1.19 bits per heavy atom. The zero-order chi connectivity index (χ0) is 19.4. The number of para-hydroxylation sites is 1. The van der Waals surface area contributed by atoms with Crippen LogP contribution < -0.4 is 16.0 Å². The second-order valence-electron chi connectivity index (χ2n) is 5.88. The lowest BCUT2D eigenvalue weighted by atomic mass is 10.1. The minimum atomic E-state index is -4.52. The van der Waals surface area contributed by atoms with Crippen molar-refractivity contribution in [3.8, 4) is 0 Å². The molecule has 3 N–H and O–H groups in total. The van der Waals surface area contributed by atoms with E-state index in [0.717, 1.165) is 6.07 Å². The summed E-state index contributed by atoms with van der Waals surface area (Å²) >= 11 is 0. The van der Waals surface area contributed by atoms with Crippen LogP contribution >= 0.6 is 0 Å². The fourth-order valence-corrected chi connectivity index (χ4v) is 2.75. The molecule has 5 nitrogen and oxygen atoms in total. The van der Waals surface area contributed by atoms with Crippen molar-refractivity contribution in [3.05, 3.63) is 59.8 Å². The lowest BCUT2D eigenvalue weighted by molar-refractivity contribution is -0.136. The van der Waals surface area contributed by atoms with Crippen molar-refractivity contribution >= 4 is 28.5 Å². The highest BCUT2D eigenvalue weighted by molar-refractivity contribution is 6.31. The maximum absolute atomic E-state index is 13.4. The molecule has 1 aliphatic heterocycles. The number of hydrogen-bond acceptors (Lipinski definition) is 4. The molecule has 27 heavy (non-hydrogen) atoms. The smallest absolute Gasteiger partial charge is 0.383 e. The van der Waals surface area contributed by atoms with Gasteiger partial charge in [0.25, 0.3) is 5.91 Å². The molecule has 0 aromatic heterocycles. The molecule has 0 radical (unpaired) electrons. The molecule has 0 fully saturated rings. The Labute approximate surface area is 154 Å². The van der Waals surface area contributed by atoms with Gasteiger partial charge in [0.1, 0.15) is 0 Å². The maximum atomic E-state index is 13.4. The van der Waals surface area contributed by atoms with Gasteiger partial charge in [0, 0.05) is 42.5 Å². The molecular weight excluding hydrogens is 359 g/mol. The Kier molecular flexibility index (Phi) is 5.36. The van der Waals surface area contributed by atoms with Crippen LogP contribution in [0.5, 0.6) is 0 Å². The van der Waals surface area contributed by atoms with Gasteiger partial charge in [-0.1, -0.05) is 18.2 Å². The summed E-state index contributed by atoms with van der Waals surface area (Å²) in [5.74, 6) is -0.308. The zero-order valence-corrected chi connectivity index (χ0v) is 14.5. The summed E-state index contributed by atoms with van der Waals surface area (Å²) in [6, 6.07) is 11.0. The first-order valence-electron chi connectivity index (χ1n) is 8.21. The number of methoxy groups -OCH3 is 1. The second-order valence-corrected chi connectivity index (χ2v) is 5.88. The van der Waals surface area contributed by atoms with Crippen LogP contribution in [0.1, 0.15) is 11.1 Å². The number of amides is 1. The Morgan fingerprint density at radius 3 is 2.70 bits per heavy atom. The third-order valence-corrected chi connectivity index (χ3v) is 4.04. The predicted octanol–water partition coefficient (Wildman–Crippen LogP) is 4.17. The summed E-state index contributed by atoms with van der Waals surface area (Å²) in [7, 11) is 1.48. The van der Waals surface area contributed by atoms with Gasteiger partial charge in [0.05, 0.1) is 17.7 Å². The number of rotatable bonds is 6. The molecule has 8 heteroatoms. The Hall–Kier alpha value is -3.00. The lowest BCUT2D eigenvalue weighted by Crippen LogP contribution is -2.14. The quantitative estimate of drug-likeness (QED) is 0.522. The van der Waals surface area contributed by atoms with Gasteiger partial charge in [0.2, 0.25) is 0 Å². The van der Waals surface area contributed by atoms with Crippen molar-refractivity contribution in [1.29, 1.82) is 0 Å². The molecule has 0 bridgehead atoms. The molecule has 0 atom stereocenters. The average molecular weight is 377 g/mol. The number of hydrogen-bond donors (Lipinski definition) is 3. The third kappa shape index (κ3) is 4.22. The van der Waals surface area contributed by atoms with E-state index in [1.165, 1.54) is 25.4 Å². The molecule has 0 spiro atoms. The number of carbonyl (C=O) groups excluding carboxylic acids is 1. The van der Waals surface area contributed by atoms with E-state index in [2.05, 4.69) is 16.0 Å². The predicted molar refractivity (Wildman–Crippen MR) is 98.5 cm³/mol. The fourth-order valence-electron chi connectivity index (χ4n) is 2.75. The van der Waals surface area contributed by atoms with Crippen LogP contribution in [0.4, 0.5) is 30.2 Å². The van der Waals surface area contributed by atoms with Crippen molar-refractivity contribution in [1.82, 2.24) is 0 Å². The summed E-state index contributed by atoms with van der Waals surface area (Å²) < 4.78 is 44.9. The number of alkyl halides is 3. The van der Waals surface area contributed by atoms with E-state index >= 15 is 0 Å². The molecule has 1 heterocycles. The first-order valence-corrected chi connectivity index (χ1v) is 8.21. The van der Waals surface area contributed by atoms with Gasteiger partial charge in [-0.3, -0.25) is 4.79 Å². The van der Waals surface area contributed by atoms with Crippen LogP contribution in [0.3, 0.4) is 0 Å². The van der Waals surface area contributed by atoms with Crippen molar-refractivity contribution in [2.75, 3.05) is 36.2 Å². The largest absolute Gasteiger partial charge is 0.418 e. The molecule has 0 saturated heterocycles. The van der Waals surface area contributed by atoms with Gasteiger partial charge in [-0.05, 0) is 24.3 Å². The highest BCUT2D eigenvalue weighted by Crippen LogP contribution is 2.37. The minimum Gasteiger partial charge on any atom is -0.383 e. The van der Waals surface area contributed by atoms with Gasteiger partial charge < -0.3 is 20.7 Å². The van der Waals surface area contributed by atoms with Gasteiger partial charge in [-0.15, -0.1) is 0 Å². The van der Waals surface area contributed by atoms with E-state index in [4.69, 9.17) is 4.74 Å². The summed E-state index contributed by atoms with van der Waals surface area (Å²) in [5, 5.41) is 8.21. The molecule has 2 aromatic carbocycles. The molecule has 142 valence electrons. The molecule has 0 unspecified atom stereocenters. The Morgan fingerprint density at radius 2 is 1.96 bits per heavy atom. The van der Waals surface area contributed by atoms with E-state index in [9.17, 15) is 18.0 Å². The highest BCUT2D eigenvalue weighted by atomic mass is 19.4. The van der Waals surface area contributed by atoms with Crippen molar-refractivity contribution < 1.29 is 22.7 Å². The van der Waals surface area contributed by atoms with Gasteiger partial charge in [0.15, 0.2) is 0 Å². The molecule has 0 saturated carbocycles. The fraction of sp³-hybridized carbons (Fsp3) is 0.211. The van der Waals surface area contributed by atoms with E-state index in [1.807, 2.05) is 0 Å². The molecular formula is C19H18F3N3O2. The first kappa shape index (κ1) is 18.8. The van der Waals surface area contributed by atoms with Crippen LogP contribution in [0.15, 0.2) is 48.7 Å². The Balaban J connectivity index is 1.84. The highest BCUT2D eigenvalue weighted by Gasteiger charge is 2.34. The SMILES string of the molecule is COCCNc1ccc(NC=C2C(=O)Nc3ccccc32)cc1C(F)(F)F.